The molecule has 0 radical (unpaired) electrons. The van der Waals surface area contributed by atoms with E-state index >= 15 is 0 Å². The second-order valence-electron chi connectivity index (χ2n) is 2.81. The van der Waals surface area contributed by atoms with Gasteiger partial charge in [0.05, 0.1) is 14.2 Å². The zero-order chi connectivity index (χ0) is 11.4. The van der Waals surface area contributed by atoms with Gasteiger partial charge in [-0.05, 0) is 18.2 Å². The van der Waals surface area contributed by atoms with Gasteiger partial charge in [-0.15, -0.1) is 0 Å². The summed E-state index contributed by atoms with van der Waals surface area (Å²) in [6, 6.07) is 4.33. The molecule has 0 spiro atoms. The Morgan fingerprint density at radius 2 is 2.07 bits per heavy atom. The van der Waals surface area contributed by atoms with Crippen molar-refractivity contribution in [2.75, 3.05) is 14.2 Å². The van der Waals surface area contributed by atoms with Crippen molar-refractivity contribution < 1.29 is 23.8 Å². The van der Waals surface area contributed by atoms with E-state index in [0.717, 1.165) is 0 Å². The molecule has 0 fully saturated rings. The second-order valence-corrected chi connectivity index (χ2v) is 2.81. The maximum atomic E-state index is 13.3. The maximum absolute atomic E-state index is 13.3. The summed E-state index contributed by atoms with van der Waals surface area (Å²) in [4.78, 5) is 10.5. The lowest BCUT2D eigenvalue weighted by Gasteiger charge is -2.11. The van der Waals surface area contributed by atoms with Crippen LogP contribution in [-0.4, -0.2) is 25.3 Å². The molecule has 4 nitrogen and oxygen atoms in total. The number of benzene rings is 1. The van der Waals surface area contributed by atoms with Gasteiger partial charge in [0, 0.05) is 5.56 Å². The van der Waals surface area contributed by atoms with Gasteiger partial charge in [0.2, 0.25) is 6.17 Å². The zero-order valence-electron chi connectivity index (χ0n) is 8.36. The predicted molar refractivity (Wildman–Crippen MR) is 51.0 cm³/mol. The minimum absolute atomic E-state index is 0.0515. The quantitative estimate of drug-likeness (QED) is 0.830. The van der Waals surface area contributed by atoms with Gasteiger partial charge in [0.15, 0.2) is 0 Å². The molecule has 1 aromatic rings. The third-order valence-corrected chi connectivity index (χ3v) is 1.93. The van der Waals surface area contributed by atoms with E-state index in [0.29, 0.717) is 5.75 Å². The number of ether oxygens (including phenoxy) is 2. The van der Waals surface area contributed by atoms with E-state index in [1.54, 1.807) is 6.07 Å². The molecule has 5 heteroatoms. The molecule has 0 bridgehead atoms. The lowest BCUT2D eigenvalue weighted by molar-refractivity contribution is -0.143. The van der Waals surface area contributed by atoms with Crippen LogP contribution in [0.3, 0.4) is 0 Å². The highest BCUT2D eigenvalue weighted by Gasteiger charge is 2.23. The number of alkyl halides is 1. The average molecular weight is 214 g/mol. The number of carboxylic acid groups (broad SMARTS) is 1. The van der Waals surface area contributed by atoms with E-state index in [1.165, 1.54) is 26.4 Å². The second kappa shape index (κ2) is 4.63. The van der Waals surface area contributed by atoms with Crippen molar-refractivity contribution in [1.82, 2.24) is 0 Å². The fourth-order valence-electron chi connectivity index (χ4n) is 1.17. The van der Waals surface area contributed by atoms with Crippen LogP contribution in [0.5, 0.6) is 11.5 Å². The summed E-state index contributed by atoms with van der Waals surface area (Å²) in [5.41, 5.74) is -0.0515. The first-order valence-electron chi connectivity index (χ1n) is 4.19. The molecule has 0 aliphatic heterocycles. The van der Waals surface area contributed by atoms with Gasteiger partial charge in [0.25, 0.3) is 0 Å². The Hall–Kier alpha value is -1.78. The molecule has 0 aliphatic rings. The first-order chi connectivity index (χ1) is 7.10. The van der Waals surface area contributed by atoms with Crippen LogP contribution >= 0.6 is 0 Å². The number of carbonyl (C=O) groups is 1. The maximum Gasteiger partial charge on any atom is 0.343 e. The third-order valence-electron chi connectivity index (χ3n) is 1.93. The van der Waals surface area contributed by atoms with Crippen molar-refractivity contribution in [2.24, 2.45) is 0 Å². The fourth-order valence-corrected chi connectivity index (χ4v) is 1.17. The molecule has 0 heterocycles. The van der Waals surface area contributed by atoms with Crippen LogP contribution in [0.15, 0.2) is 18.2 Å². The number of carboxylic acids is 1. The standard InChI is InChI=1S/C10H11FO4/c1-14-6-3-4-8(15-2)7(5-6)9(11)10(12)13/h3-5,9H,1-2H3,(H,12,13). The summed E-state index contributed by atoms with van der Waals surface area (Å²) in [5.74, 6) is -0.984. The first-order valence-corrected chi connectivity index (χ1v) is 4.19. The number of aliphatic carboxylic acids is 1. The van der Waals surface area contributed by atoms with E-state index in [9.17, 15) is 9.18 Å². The van der Waals surface area contributed by atoms with E-state index in [-0.39, 0.29) is 11.3 Å². The van der Waals surface area contributed by atoms with Crippen LogP contribution in [0.4, 0.5) is 4.39 Å². The predicted octanol–water partition coefficient (Wildman–Crippen LogP) is 1.80. The highest BCUT2D eigenvalue weighted by molar-refractivity contribution is 5.75. The zero-order valence-corrected chi connectivity index (χ0v) is 8.36. The van der Waals surface area contributed by atoms with Crippen LogP contribution in [0.1, 0.15) is 11.7 Å². The highest BCUT2D eigenvalue weighted by Crippen LogP contribution is 2.31. The van der Waals surface area contributed by atoms with Crippen LogP contribution in [0, 0.1) is 0 Å². The molecule has 1 atom stereocenters. The Morgan fingerprint density at radius 3 is 2.53 bits per heavy atom. The summed E-state index contributed by atoms with van der Waals surface area (Å²) in [6.45, 7) is 0. The van der Waals surface area contributed by atoms with Crippen molar-refractivity contribution in [3.05, 3.63) is 23.8 Å². The molecule has 0 aliphatic carbocycles. The number of hydrogen-bond donors (Lipinski definition) is 1. The Balaban J connectivity index is 3.16. The molecule has 0 saturated heterocycles. The largest absolute Gasteiger partial charge is 0.497 e. The summed E-state index contributed by atoms with van der Waals surface area (Å²) in [7, 11) is 2.76. The molecule has 1 unspecified atom stereocenters. The molecule has 0 amide bonds. The minimum atomic E-state index is -2.12. The van der Waals surface area contributed by atoms with Gasteiger partial charge in [-0.3, -0.25) is 0 Å². The Morgan fingerprint density at radius 1 is 1.40 bits per heavy atom. The van der Waals surface area contributed by atoms with Gasteiger partial charge in [-0.1, -0.05) is 0 Å². The molecule has 1 aromatic carbocycles. The summed E-state index contributed by atoms with van der Waals surface area (Å²) >= 11 is 0. The molecule has 15 heavy (non-hydrogen) atoms. The molecular weight excluding hydrogens is 203 g/mol. The molecule has 1 N–H and O–H groups in total. The molecule has 0 saturated carbocycles. The van der Waals surface area contributed by atoms with Gasteiger partial charge in [-0.25, -0.2) is 9.18 Å². The highest BCUT2D eigenvalue weighted by atomic mass is 19.1. The average Bonchev–Trinajstić information content (AvgIpc) is 2.27. The summed E-state index contributed by atoms with van der Waals surface area (Å²) in [6.07, 6.45) is -2.12. The van der Waals surface area contributed by atoms with Crippen LogP contribution in [0.2, 0.25) is 0 Å². The lowest BCUT2D eigenvalue weighted by atomic mass is 10.1. The van der Waals surface area contributed by atoms with Gasteiger partial charge >= 0.3 is 5.97 Å². The van der Waals surface area contributed by atoms with Crippen molar-refractivity contribution in [3.63, 3.8) is 0 Å². The smallest absolute Gasteiger partial charge is 0.343 e. The Bertz CT molecular complexity index is 364. The number of methoxy groups -OCH3 is 2. The van der Waals surface area contributed by atoms with E-state index in [2.05, 4.69) is 0 Å². The van der Waals surface area contributed by atoms with Crippen LogP contribution < -0.4 is 9.47 Å². The van der Waals surface area contributed by atoms with Crippen molar-refractivity contribution in [2.45, 2.75) is 6.17 Å². The summed E-state index contributed by atoms with van der Waals surface area (Å²) < 4.78 is 23.0. The molecule has 1 rings (SSSR count). The van der Waals surface area contributed by atoms with E-state index in [1.807, 2.05) is 0 Å². The molecule has 82 valence electrons. The van der Waals surface area contributed by atoms with Crippen LogP contribution in [0.25, 0.3) is 0 Å². The molecular formula is C10H11FO4. The van der Waals surface area contributed by atoms with Crippen LogP contribution in [-0.2, 0) is 4.79 Å². The van der Waals surface area contributed by atoms with Gasteiger partial charge in [-0.2, -0.15) is 0 Å². The van der Waals surface area contributed by atoms with E-state index in [4.69, 9.17) is 14.6 Å². The first kappa shape index (κ1) is 11.3. The monoisotopic (exact) mass is 214 g/mol. The van der Waals surface area contributed by atoms with Gasteiger partial charge < -0.3 is 14.6 Å². The SMILES string of the molecule is COc1ccc(OC)c(C(F)C(=O)O)c1. The van der Waals surface area contributed by atoms with Crippen molar-refractivity contribution >= 4 is 5.97 Å². The number of hydrogen-bond acceptors (Lipinski definition) is 3. The van der Waals surface area contributed by atoms with E-state index < -0.39 is 12.1 Å². The van der Waals surface area contributed by atoms with Crippen molar-refractivity contribution in [3.8, 4) is 11.5 Å². The Labute approximate surface area is 86.2 Å². The number of halogens is 1. The number of rotatable bonds is 4. The summed E-state index contributed by atoms with van der Waals surface area (Å²) in [5, 5.41) is 8.55. The normalized spacial score (nSPS) is 11.9. The third kappa shape index (κ3) is 2.37. The minimum Gasteiger partial charge on any atom is -0.497 e. The molecule has 0 aromatic heterocycles. The fraction of sp³-hybridized carbons (Fsp3) is 0.300. The lowest BCUT2D eigenvalue weighted by Crippen LogP contribution is -2.07. The van der Waals surface area contributed by atoms with Crippen molar-refractivity contribution in [1.29, 1.82) is 0 Å². The topological polar surface area (TPSA) is 55.8 Å². The Kier molecular flexibility index (Phi) is 3.49. The van der Waals surface area contributed by atoms with Gasteiger partial charge in [0.1, 0.15) is 11.5 Å².